The van der Waals surface area contributed by atoms with E-state index in [2.05, 4.69) is 15.0 Å². The first-order valence-electron chi connectivity index (χ1n) is 7.46. The molecule has 0 aliphatic carbocycles. The van der Waals surface area contributed by atoms with Crippen LogP contribution in [0.3, 0.4) is 0 Å². The van der Waals surface area contributed by atoms with Gasteiger partial charge in [0.1, 0.15) is 18.1 Å². The maximum Gasteiger partial charge on any atom is 0.318 e. The maximum absolute atomic E-state index is 13.0. The highest BCUT2D eigenvalue weighted by Gasteiger charge is 2.19. The average Bonchev–Trinajstić information content (AvgIpc) is 2.57. The summed E-state index contributed by atoms with van der Waals surface area (Å²) in [6.45, 7) is 1.89. The molecule has 2 heterocycles. The predicted octanol–water partition coefficient (Wildman–Crippen LogP) is 1.90. The van der Waals surface area contributed by atoms with Gasteiger partial charge in [-0.05, 0) is 17.7 Å². The van der Waals surface area contributed by atoms with Crippen molar-refractivity contribution in [3.05, 3.63) is 41.3 Å². The Morgan fingerprint density at radius 1 is 1.21 bits per heavy atom. The predicted molar refractivity (Wildman–Crippen MR) is 87.6 cm³/mol. The molecule has 0 saturated heterocycles. The summed E-state index contributed by atoms with van der Waals surface area (Å²) in [6, 6.07) is 6.57. The molecule has 2 N–H and O–H groups in total. The number of aromatic nitrogens is 2. The molecule has 0 atom stereocenters. The normalized spacial score (nSPS) is 13.0. The van der Waals surface area contributed by atoms with E-state index in [4.69, 9.17) is 15.2 Å². The number of rotatable bonds is 6. The summed E-state index contributed by atoms with van der Waals surface area (Å²) >= 11 is 0. The highest BCUT2D eigenvalue weighted by Crippen LogP contribution is 2.30. The van der Waals surface area contributed by atoms with Gasteiger partial charge >= 0.3 is 6.01 Å². The Bertz CT molecular complexity index is 736. The number of ether oxygens (including phenoxy) is 2. The second kappa shape index (κ2) is 7.22. The minimum absolute atomic E-state index is 0.210. The van der Waals surface area contributed by atoms with E-state index in [1.807, 2.05) is 4.90 Å². The van der Waals surface area contributed by atoms with Crippen LogP contribution in [0, 0.1) is 5.82 Å². The number of anilines is 1. The Hall–Kier alpha value is -2.74. The molecule has 3 rings (SSSR count). The molecule has 1 aromatic heterocycles. The second-order valence-corrected chi connectivity index (χ2v) is 5.30. The zero-order chi connectivity index (χ0) is 16.9. The number of nitrogens with zero attached hydrogens (tertiary/aromatic N) is 4. The molecule has 0 amide bonds. The van der Waals surface area contributed by atoms with Crippen molar-refractivity contribution >= 4 is 17.8 Å². The van der Waals surface area contributed by atoms with E-state index in [1.165, 1.54) is 12.1 Å². The zero-order valence-electron chi connectivity index (χ0n) is 13.3. The van der Waals surface area contributed by atoms with Crippen LogP contribution in [-0.4, -0.2) is 41.5 Å². The average molecular weight is 331 g/mol. The summed E-state index contributed by atoms with van der Waals surface area (Å²) in [4.78, 5) is 14.7. The lowest BCUT2D eigenvalue weighted by Crippen LogP contribution is -2.25. The van der Waals surface area contributed by atoms with Crippen molar-refractivity contribution in [3.63, 3.8) is 0 Å². The Kier molecular flexibility index (Phi) is 4.85. The largest absolute Gasteiger partial charge is 0.461 e. The smallest absolute Gasteiger partial charge is 0.318 e. The van der Waals surface area contributed by atoms with Crippen LogP contribution >= 0.6 is 0 Å². The summed E-state index contributed by atoms with van der Waals surface area (Å²) in [7, 11) is 1.59. The van der Waals surface area contributed by atoms with Crippen molar-refractivity contribution in [2.45, 2.75) is 13.1 Å². The Labute approximate surface area is 138 Å². The van der Waals surface area contributed by atoms with Gasteiger partial charge in [0, 0.05) is 13.7 Å². The lowest BCUT2D eigenvalue weighted by atomic mass is 10.2. The number of nitrogen functional groups attached to an aromatic ring is 1. The van der Waals surface area contributed by atoms with Crippen LogP contribution in [-0.2, 0) is 17.8 Å². The van der Waals surface area contributed by atoms with Crippen molar-refractivity contribution < 1.29 is 13.9 Å². The van der Waals surface area contributed by atoms with Gasteiger partial charge in [0.05, 0.1) is 25.2 Å². The molecule has 8 heteroatoms. The lowest BCUT2D eigenvalue weighted by Gasteiger charge is -2.24. The van der Waals surface area contributed by atoms with Gasteiger partial charge in [0.25, 0.3) is 0 Å². The number of aliphatic imine (C=N–C) groups is 1. The molecule has 1 aliphatic rings. The van der Waals surface area contributed by atoms with E-state index in [-0.39, 0.29) is 17.6 Å². The van der Waals surface area contributed by atoms with E-state index in [0.29, 0.717) is 37.7 Å². The van der Waals surface area contributed by atoms with Crippen LogP contribution in [0.2, 0.25) is 0 Å². The van der Waals surface area contributed by atoms with Crippen LogP contribution < -0.4 is 10.5 Å². The molecule has 7 nitrogen and oxygen atoms in total. The standard InChI is InChI=1S/C16H18FN5O2/c1-23-6-7-24-16-20-13-9-22(10-19-14(13)15(18)21-16)8-11-2-4-12(17)5-3-11/h2-5,10H,6-9H2,1H3,(H2,18,20,21). The van der Waals surface area contributed by atoms with Crippen molar-refractivity contribution in [2.24, 2.45) is 4.99 Å². The van der Waals surface area contributed by atoms with Crippen LogP contribution in [0.25, 0.3) is 0 Å². The highest BCUT2D eigenvalue weighted by atomic mass is 19.1. The zero-order valence-corrected chi connectivity index (χ0v) is 13.3. The van der Waals surface area contributed by atoms with Gasteiger partial charge < -0.3 is 20.1 Å². The monoisotopic (exact) mass is 331 g/mol. The first-order chi connectivity index (χ1) is 11.7. The molecular formula is C16H18FN5O2. The third kappa shape index (κ3) is 3.77. The fourth-order valence-electron chi connectivity index (χ4n) is 2.32. The Morgan fingerprint density at radius 2 is 2.00 bits per heavy atom. The molecule has 0 saturated carbocycles. The molecule has 0 unspecified atom stereocenters. The molecule has 2 aromatic rings. The number of benzene rings is 1. The third-order valence-corrected chi connectivity index (χ3v) is 3.48. The summed E-state index contributed by atoms with van der Waals surface area (Å²) in [5.74, 6) is 0.0277. The van der Waals surface area contributed by atoms with Crippen molar-refractivity contribution in [1.29, 1.82) is 0 Å². The first-order valence-corrected chi connectivity index (χ1v) is 7.46. The molecule has 0 radical (unpaired) electrons. The van der Waals surface area contributed by atoms with E-state index in [1.54, 1.807) is 25.6 Å². The summed E-state index contributed by atoms with van der Waals surface area (Å²) in [6.07, 6.45) is 1.69. The maximum atomic E-state index is 13.0. The van der Waals surface area contributed by atoms with Crippen molar-refractivity contribution in [3.8, 4) is 6.01 Å². The molecule has 0 fully saturated rings. The van der Waals surface area contributed by atoms with E-state index in [9.17, 15) is 4.39 Å². The summed E-state index contributed by atoms with van der Waals surface area (Å²) in [5, 5.41) is 0. The van der Waals surface area contributed by atoms with Crippen LogP contribution in [0.4, 0.5) is 15.9 Å². The quantitative estimate of drug-likeness (QED) is 0.814. The van der Waals surface area contributed by atoms with Crippen LogP contribution in [0.15, 0.2) is 29.3 Å². The third-order valence-electron chi connectivity index (χ3n) is 3.48. The fourth-order valence-corrected chi connectivity index (χ4v) is 2.32. The van der Waals surface area contributed by atoms with Crippen LogP contribution in [0.1, 0.15) is 11.3 Å². The first kappa shape index (κ1) is 16.1. The molecule has 0 spiro atoms. The van der Waals surface area contributed by atoms with Gasteiger partial charge in [-0.15, -0.1) is 0 Å². The van der Waals surface area contributed by atoms with Crippen molar-refractivity contribution in [2.75, 3.05) is 26.1 Å². The fraction of sp³-hybridized carbons (Fsp3) is 0.312. The number of methoxy groups -OCH3 is 1. The molecule has 126 valence electrons. The van der Waals surface area contributed by atoms with E-state index in [0.717, 1.165) is 5.56 Å². The molecule has 0 bridgehead atoms. The minimum Gasteiger partial charge on any atom is -0.461 e. The SMILES string of the molecule is COCCOc1nc(N)c2c(n1)CN(Cc1ccc(F)cc1)C=N2. The topological polar surface area (TPSA) is 85.9 Å². The number of halogens is 1. The molecule has 1 aliphatic heterocycles. The number of hydrogen-bond acceptors (Lipinski definition) is 7. The second-order valence-electron chi connectivity index (χ2n) is 5.30. The Morgan fingerprint density at radius 3 is 2.75 bits per heavy atom. The number of hydrogen-bond donors (Lipinski definition) is 1. The molecule has 24 heavy (non-hydrogen) atoms. The van der Waals surface area contributed by atoms with Crippen LogP contribution in [0.5, 0.6) is 6.01 Å². The molecule has 1 aromatic carbocycles. The number of nitrogens with two attached hydrogens (primary N) is 1. The van der Waals surface area contributed by atoms with Gasteiger partial charge in [-0.25, -0.2) is 9.38 Å². The Balaban J connectivity index is 1.72. The van der Waals surface area contributed by atoms with E-state index < -0.39 is 0 Å². The summed E-state index contributed by atoms with van der Waals surface area (Å²) in [5.41, 5.74) is 8.16. The minimum atomic E-state index is -0.255. The van der Waals surface area contributed by atoms with Gasteiger partial charge in [-0.1, -0.05) is 12.1 Å². The summed E-state index contributed by atoms with van der Waals surface area (Å²) < 4.78 is 23.3. The highest BCUT2D eigenvalue weighted by molar-refractivity contribution is 5.72. The lowest BCUT2D eigenvalue weighted by molar-refractivity contribution is 0.140. The van der Waals surface area contributed by atoms with Gasteiger partial charge in [0.15, 0.2) is 5.82 Å². The van der Waals surface area contributed by atoms with Crippen molar-refractivity contribution in [1.82, 2.24) is 14.9 Å². The van der Waals surface area contributed by atoms with Gasteiger partial charge in [0.2, 0.25) is 0 Å². The van der Waals surface area contributed by atoms with Gasteiger partial charge in [-0.3, -0.25) is 0 Å². The molecular weight excluding hydrogens is 313 g/mol. The number of fused-ring (bicyclic) bond motifs is 1. The van der Waals surface area contributed by atoms with Gasteiger partial charge in [-0.2, -0.15) is 9.97 Å². The van der Waals surface area contributed by atoms with E-state index >= 15 is 0 Å².